The average Bonchev–Trinajstić information content (AvgIpc) is 2.84. The molecule has 1 heterocycles. The van der Waals surface area contributed by atoms with Crippen LogP contribution in [-0.4, -0.2) is 16.7 Å². The second-order valence-corrected chi connectivity index (χ2v) is 5.63. The second-order valence-electron chi connectivity index (χ2n) is 4.45. The van der Waals surface area contributed by atoms with Crippen LogP contribution in [0.25, 0.3) is 16.7 Å². The Kier molecular flexibility index (Phi) is 3.87. The standard InChI is InChI=1S/C15H11BrClFN2O/c1-21-14-5-2-9(16)6-13(14)20-12-7-10(18)3-4-11(12)19-15(20)8-17/h2-7H,8H2,1H3. The zero-order valence-electron chi connectivity index (χ0n) is 11.1. The predicted molar refractivity (Wildman–Crippen MR) is 84.8 cm³/mol. The molecule has 0 amide bonds. The van der Waals surface area contributed by atoms with Gasteiger partial charge in [0.1, 0.15) is 17.4 Å². The normalized spacial score (nSPS) is 11.0. The van der Waals surface area contributed by atoms with E-state index in [2.05, 4.69) is 20.9 Å². The van der Waals surface area contributed by atoms with E-state index in [0.717, 1.165) is 10.2 Å². The zero-order chi connectivity index (χ0) is 15.0. The lowest BCUT2D eigenvalue weighted by Gasteiger charge is -2.13. The van der Waals surface area contributed by atoms with Crippen molar-refractivity contribution in [2.24, 2.45) is 0 Å². The Balaban J connectivity index is 2.38. The van der Waals surface area contributed by atoms with Gasteiger partial charge in [-0.05, 0) is 30.3 Å². The highest BCUT2D eigenvalue weighted by molar-refractivity contribution is 9.10. The number of ether oxygens (including phenoxy) is 1. The van der Waals surface area contributed by atoms with Crippen LogP contribution in [0, 0.1) is 5.82 Å². The van der Waals surface area contributed by atoms with Crippen molar-refractivity contribution < 1.29 is 9.13 Å². The molecule has 0 unspecified atom stereocenters. The fraction of sp³-hybridized carbons (Fsp3) is 0.133. The van der Waals surface area contributed by atoms with Gasteiger partial charge in [-0.15, -0.1) is 11.6 Å². The average molecular weight is 370 g/mol. The number of rotatable bonds is 3. The summed E-state index contributed by atoms with van der Waals surface area (Å²) in [6, 6.07) is 10.1. The third-order valence-corrected chi connectivity index (χ3v) is 3.92. The SMILES string of the molecule is COc1ccc(Br)cc1-n1c(CCl)nc2ccc(F)cc21. The van der Waals surface area contributed by atoms with Gasteiger partial charge in [0.2, 0.25) is 0 Å². The molecule has 21 heavy (non-hydrogen) atoms. The van der Waals surface area contributed by atoms with Crippen LogP contribution in [0.4, 0.5) is 4.39 Å². The molecular weight excluding hydrogens is 359 g/mol. The van der Waals surface area contributed by atoms with Crippen molar-refractivity contribution in [1.82, 2.24) is 9.55 Å². The molecule has 108 valence electrons. The maximum absolute atomic E-state index is 13.6. The van der Waals surface area contributed by atoms with E-state index in [1.807, 2.05) is 22.8 Å². The summed E-state index contributed by atoms with van der Waals surface area (Å²) in [5, 5.41) is 0. The summed E-state index contributed by atoms with van der Waals surface area (Å²) in [7, 11) is 1.59. The van der Waals surface area contributed by atoms with E-state index in [1.54, 1.807) is 13.2 Å². The first-order chi connectivity index (χ1) is 10.1. The molecule has 0 aliphatic rings. The maximum atomic E-state index is 13.6. The van der Waals surface area contributed by atoms with Gasteiger partial charge in [-0.3, -0.25) is 4.57 Å². The van der Waals surface area contributed by atoms with Crippen molar-refractivity contribution in [3.63, 3.8) is 0 Å². The summed E-state index contributed by atoms with van der Waals surface area (Å²) < 4.78 is 21.7. The van der Waals surface area contributed by atoms with Crippen molar-refractivity contribution >= 4 is 38.6 Å². The van der Waals surface area contributed by atoms with Gasteiger partial charge < -0.3 is 4.74 Å². The highest BCUT2D eigenvalue weighted by atomic mass is 79.9. The van der Waals surface area contributed by atoms with Crippen LogP contribution < -0.4 is 4.74 Å². The molecule has 1 aromatic heterocycles. The number of benzene rings is 2. The highest BCUT2D eigenvalue weighted by Crippen LogP contribution is 2.31. The maximum Gasteiger partial charge on any atom is 0.142 e. The summed E-state index contributed by atoms with van der Waals surface area (Å²) in [6.07, 6.45) is 0. The van der Waals surface area contributed by atoms with Crippen molar-refractivity contribution in [2.45, 2.75) is 5.88 Å². The number of hydrogen-bond acceptors (Lipinski definition) is 2. The molecule has 0 aliphatic heterocycles. The summed E-state index contributed by atoms with van der Waals surface area (Å²) >= 11 is 9.44. The molecule has 0 spiro atoms. The van der Waals surface area contributed by atoms with Gasteiger partial charge in [0.15, 0.2) is 0 Å². The van der Waals surface area contributed by atoms with Crippen molar-refractivity contribution in [3.8, 4) is 11.4 Å². The lowest BCUT2D eigenvalue weighted by Crippen LogP contribution is -2.02. The van der Waals surface area contributed by atoms with E-state index in [0.29, 0.717) is 22.6 Å². The van der Waals surface area contributed by atoms with Crippen LogP contribution in [-0.2, 0) is 5.88 Å². The second kappa shape index (κ2) is 5.66. The smallest absolute Gasteiger partial charge is 0.142 e. The minimum Gasteiger partial charge on any atom is -0.495 e. The van der Waals surface area contributed by atoms with Gasteiger partial charge in [0.25, 0.3) is 0 Å². The minimum absolute atomic E-state index is 0.214. The molecule has 0 fully saturated rings. The first kappa shape index (κ1) is 14.4. The topological polar surface area (TPSA) is 27.1 Å². The number of imidazole rings is 1. The Morgan fingerprint density at radius 1 is 1.29 bits per heavy atom. The molecule has 0 bridgehead atoms. The van der Waals surface area contributed by atoms with Crippen molar-refractivity contribution in [3.05, 3.63) is 52.5 Å². The summed E-state index contributed by atoms with van der Waals surface area (Å²) in [4.78, 5) is 4.45. The quantitative estimate of drug-likeness (QED) is 0.627. The molecule has 3 rings (SSSR count). The number of aromatic nitrogens is 2. The number of fused-ring (bicyclic) bond motifs is 1. The van der Waals surface area contributed by atoms with Crippen LogP contribution in [0.15, 0.2) is 40.9 Å². The van der Waals surface area contributed by atoms with E-state index in [-0.39, 0.29) is 11.7 Å². The number of halogens is 3. The van der Waals surface area contributed by atoms with Gasteiger partial charge in [-0.25, -0.2) is 9.37 Å². The molecule has 3 aromatic rings. The number of alkyl halides is 1. The molecule has 0 aliphatic carbocycles. The van der Waals surface area contributed by atoms with Gasteiger partial charge in [-0.2, -0.15) is 0 Å². The molecule has 6 heteroatoms. The van der Waals surface area contributed by atoms with Crippen LogP contribution in [0.3, 0.4) is 0 Å². The molecule has 3 nitrogen and oxygen atoms in total. The Labute approximate surface area is 134 Å². The summed E-state index contributed by atoms with van der Waals surface area (Å²) in [6.45, 7) is 0. The third kappa shape index (κ3) is 2.51. The van der Waals surface area contributed by atoms with E-state index in [9.17, 15) is 4.39 Å². The Morgan fingerprint density at radius 3 is 2.81 bits per heavy atom. The van der Waals surface area contributed by atoms with Crippen LogP contribution in [0.2, 0.25) is 0 Å². The van der Waals surface area contributed by atoms with E-state index < -0.39 is 0 Å². The Hall–Kier alpha value is -1.59. The number of nitrogens with zero attached hydrogens (tertiary/aromatic N) is 2. The molecule has 2 aromatic carbocycles. The van der Waals surface area contributed by atoms with Crippen LogP contribution >= 0.6 is 27.5 Å². The van der Waals surface area contributed by atoms with Crippen molar-refractivity contribution in [1.29, 1.82) is 0 Å². The van der Waals surface area contributed by atoms with E-state index >= 15 is 0 Å². The van der Waals surface area contributed by atoms with Gasteiger partial charge in [0.05, 0.1) is 29.7 Å². The zero-order valence-corrected chi connectivity index (χ0v) is 13.4. The summed E-state index contributed by atoms with van der Waals surface area (Å²) in [5.41, 5.74) is 2.10. The number of methoxy groups -OCH3 is 1. The third-order valence-electron chi connectivity index (χ3n) is 3.19. The largest absolute Gasteiger partial charge is 0.495 e. The van der Waals surface area contributed by atoms with Crippen LogP contribution in [0.1, 0.15) is 5.82 Å². The Bertz CT molecular complexity index is 819. The molecule has 0 radical (unpaired) electrons. The summed E-state index contributed by atoms with van der Waals surface area (Å²) in [5.74, 6) is 1.19. The molecule has 0 atom stereocenters. The van der Waals surface area contributed by atoms with Crippen LogP contribution in [0.5, 0.6) is 5.75 Å². The predicted octanol–water partition coefficient (Wildman–Crippen LogP) is 4.67. The molecule has 0 saturated carbocycles. The minimum atomic E-state index is -0.321. The molecule has 0 N–H and O–H groups in total. The molecule has 0 saturated heterocycles. The van der Waals surface area contributed by atoms with E-state index in [1.165, 1.54) is 12.1 Å². The van der Waals surface area contributed by atoms with Crippen molar-refractivity contribution in [2.75, 3.05) is 7.11 Å². The lowest BCUT2D eigenvalue weighted by atomic mass is 10.2. The number of hydrogen-bond donors (Lipinski definition) is 0. The van der Waals surface area contributed by atoms with Gasteiger partial charge in [-0.1, -0.05) is 15.9 Å². The first-order valence-electron chi connectivity index (χ1n) is 6.21. The van der Waals surface area contributed by atoms with E-state index in [4.69, 9.17) is 16.3 Å². The highest BCUT2D eigenvalue weighted by Gasteiger charge is 2.16. The molecular formula is C15H11BrClFN2O. The van der Waals surface area contributed by atoms with Gasteiger partial charge >= 0.3 is 0 Å². The fourth-order valence-corrected chi connectivity index (χ4v) is 2.82. The monoisotopic (exact) mass is 368 g/mol. The Morgan fingerprint density at radius 2 is 2.10 bits per heavy atom. The van der Waals surface area contributed by atoms with Gasteiger partial charge in [0, 0.05) is 10.5 Å². The fourth-order valence-electron chi connectivity index (χ4n) is 2.29. The lowest BCUT2D eigenvalue weighted by molar-refractivity contribution is 0.413. The first-order valence-corrected chi connectivity index (χ1v) is 7.53.